The van der Waals surface area contributed by atoms with Crippen molar-refractivity contribution in [3.05, 3.63) is 18.5 Å². The Balaban J connectivity index is 2.21. The molecule has 0 bridgehead atoms. The minimum atomic E-state index is -2.93. The monoisotopic (exact) mass is 254 g/mol. The predicted octanol–water partition coefficient (Wildman–Crippen LogP) is 0.448. The molecule has 0 saturated heterocycles. The summed E-state index contributed by atoms with van der Waals surface area (Å²) in [6.45, 7) is 0.541. The highest BCUT2D eigenvalue weighted by Gasteiger charge is 2.08. The average molecular weight is 254 g/mol. The maximum Gasteiger partial charge on any atom is 0.201 e. The van der Waals surface area contributed by atoms with Gasteiger partial charge in [-0.05, 0) is 12.5 Å². The first-order chi connectivity index (χ1) is 7.97. The van der Waals surface area contributed by atoms with Crippen LogP contribution in [0.4, 0.5) is 5.95 Å². The molecule has 0 atom stereocenters. The lowest BCUT2D eigenvalue weighted by molar-refractivity contribution is 0.594. The van der Waals surface area contributed by atoms with E-state index in [1.807, 2.05) is 10.6 Å². The summed E-state index contributed by atoms with van der Waals surface area (Å²) in [5.74, 6) is 0.540. The van der Waals surface area contributed by atoms with Crippen LogP contribution in [0.3, 0.4) is 0 Å². The Kier molecular flexibility index (Phi) is 3.01. The Labute approximate surface area is 99.4 Å². The van der Waals surface area contributed by atoms with Gasteiger partial charge in [0.25, 0.3) is 0 Å². The van der Waals surface area contributed by atoms with Crippen molar-refractivity contribution in [2.75, 3.05) is 17.7 Å². The molecule has 0 radical (unpaired) electrons. The van der Waals surface area contributed by atoms with Crippen molar-refractivity contribution in [3.63, 3.8) is 0 Å². The smallest absolute Gasteiger partial charge is 0.201 e. The van der Waals surface area contributed by atoms with E-state index in [4.69, 9.17) is 5.73 Å². The lowest BCUT2D eigenvalue weighted by Crippen LogP contribution is -2.09. The molecule has 0 aliphatic carbocycles. The first-order valence-electron chi connectivity index (χ1n) is 5.21. The molecule has 2 rings (SSSR count). The van der Waals surface area contributed by atoms with Crippen molar-refractivity contribution in [3.8, 4) is 0 Å². The third-order valence-electron chi connectivity index (χ3n) is 2.48. The summed E-state index contributed by atoms with van der Waals surface area (Å²) in [5, 5.41) is 0. The zero-order valence-electron chi connectivity index (χ0n) is 9.50. The predicted molar refractivity (Wildman–Crippen MR) is 66.3 cm³/mol. The van der Waals surface area contributed by atoms with Gasteiger partial charge < -0.3 is 10.3 Å². The number of imidazole rings is 1. The van der Waals surface area contributed by atoms with Gasteiger partial charge in [0.05, 0.1) is 17.5 Å². The number of aromatic nitrogens is 3. The third kappa shape index (κ3) is 2.73. The minimum absolute atomic E-state index is 0.150. The van der Waals surface area contributed by atoms with Gasteiger partial charge in [0.1, 0.15) is 15.4 Å². The number of pyridine rings is 1. The maximum absolute atomic E-state index is 11.0. The highest BCUT2D eigenvalue weighted by atomic mass is 32.2. The molecule has 17 heavy (non-hydrogen) atoms. The molecule has 0 fully saturated rings. The average Bonchev–Trinajstić information content (AvgIpc) is 2.54. The lowest BCUT2D eigenvalue weighted by atomic mass is 10.4. The summed E-state index contributed by atoms with van der Waals surface area (Å²) in [4.78, 5) is 8.12. The molecule has 0 aromatic carbocycles. The molecule has 2 aromatic rings. The second-order valence-corrected chi connectivity index (χ2v) is 6.23. The van der Waals surface area contributed by atoms with Crippen LogP contribution >= 0.6 is 0 Å². The number of nitrogen functional groups attached to an aromatic ring is 1. The van der Waals surface area contributed by atoms with Gasteiger partial charge >= 0.3 is 0 Å². The second kappa shape index (κ2) is 4.33. The first-order valence-corrected chi connectivity index (χ1v) is 7.27. The largest absolute Gasteiger partial charge is 0.369 e. The number of anilines is 1. The first kappa shape index (κ1) is 11.8. The molecule has 7 heteroatoms. The molecule has 0 amide bonds. The summed E-state index contributed by atoms with van der Waals surface area (Å²) in [6, 6.07) is 1.82. The van der Waals surface area contributed by atoms with E-state index in [0.29, 0.717) is 18.9 Å². The number of hydrogen-bond donors (Lipinski definition) is 1. The Morgan fingerprint density at radius 3 is 2.94 bits per heavy atom. The minimum Gasteiger partial charge on any atom is -0.369 e. The summed E-state index contributed by atoms with van der Waals surface area (Å²) < 4.78 is 23.9. The molecule has 0 aliphatic rings. The van der Waals surface area contributed by atoms with Gasteiger partial charge in [0, 0.05) is 19.0 Å². The van der Waals surface area contributed by atoms with Crippen LogP contribution in [0, 0.1) is 0 Å². The lowest BCUT2D eigenvalue weighted by Gasteiger charge is -2.05. The summed E-state index contributed by atoms with van der Waals surface area (Å²) >= 11 is 0. The highest BCUT2D eigenvalue weighted by molar-refractivity contribution is 7.90. The molecule has 0 saturated carbocycles. The quantitative estimate of drug-likeness (QED) is 0.855. The molecule has 2 heterocycles. The molecule has 0 unspecified atom stereocenters. The van der Waals surface area contributed by atoms with E-state index in [2.05, 4.69) is 9.97 Å². The molecule has 92 valence electrons. The van der Waals surface area contributed by atoms with Crippen LogP contribution in [0.2, 0.25) is 0 Å². The highest BCUT2D eigenvalue weighted by Crippen LogP contribution is 2.16. The molecule has 6 nitrogen and oxygen atoms in total. The molecule has 2 N–H and O–H groups in total. The molecule has 0 spiro atoms. The van der Waals surface area contributed by atoms with Gasteiger partial charge in [-0.1, -0.05) is 0 Å². The van der Waals surface area contributed by atoms with Crippen LogP contribution in [0.5, 0.6) is 0 Å². The van der Waals surface area contributed by atoms with Crippen molar-refractivity contribution < 1.29 is 8.42 Å². The Bertz CT molecular complexity index is 633. The second-order valence-electron chi connectivity index (χ2n) is 3.97. The maximum atomic E-state index is 11.0. The molecular weight excluding hydrogens is 240 g/mol. The van der Waals surface area contributed by atoms with E-state index in [1.54, 1.807) is 12.4 Å². The number of sulfone groups is 1. The zero-order chi connectivity index (χ0) is 12.5. The van der Waals surface area contributed by atoms with Crippen LogP contribution in [0.15, 0.2) is 18.5 Å². The fourth-order valence-corrected chi connectivity index (χ4v) is 2.37. The summed E-state index contributed by atoms with van der Waals surface area (Å²) in [5.41, 5.74) is 7.38. The van der Waals surface area contributed by atoms with E-state index < -0.39 is 9.84 Å². The van der Waals surface area contributed by atoms with Crippen molar-refractivity contribution in [1.82, 2.24) is 14.5 Å². The topological polar surface area (TPSA) is 90.9 Å². The van der Waals surface area contributed by atoms with Gasteiger partial charge in [-0.25, -0.2) is 13.4 Å². The van der Waals surface area contributed by atoms with Crippen molar-refractivity contribution in [1.29, 1.82) is 0 Å². The molecule has 2 aromatic heterocycles. The number of hydrogen-bond acceptors (Lipinski definition) is 5. The number of nitrogens with two attached hydrogens (primary N) is 1. The molecular formula is C10H14N4O2S. The Morgan fingerprint density at radius 2 is 2.24 bits per heavy atom. The standard InChI is InChI=1S/C10H14N4O2S/c1-17(15,16)6-2-5-14-9-3-4-12-7-8(9)13-10(14)11/h3-4,7H,2,5-6H2,1H3,(H2,11,13). The van der Waals surface area contributed by atoms with Gasteiger partial charge in [0.2, 0.25) is 5.95 Å². The molecule has 0 aliphatic heterocycles. The third-order valence-corrected chi connectivity index (χ3v) is 3.51. The van der Waals surface area contributed by atoms with Crippen molar-refractivity contribution in [2.45, 2.75) is 13.0 Å². The van der Waals surface area contributed by atoms with E-state index >= 15 is 0 Å². The normalized spacial score (nSPS) is 12.1. The number of rotatable bonds is 4. The van der Waals surface area contributed by atoms with Crippen LogP contribution in [-0.4, -0.2) is 35.0 Å². The fraction of sp³-hybridized carbons (Fsp3) is 0.400. The summed E-state index contributed by atoms with van der Waals surface area (Å²) in [7, 11) is -2.93. The van der Waals surface area contributed by atoms with Crippen LogP contribution in [0.1, 0.15) is 6.42 Å². The number of nitrogens with zero attached hydrogens (tertiary/aromatic N) is 3. The Hall–Kier alpha value is -1.63. The van der Waals surface area contributed by atoms with E-state index in [9.17, 15) is 8.42 Å². The Morgan fingerprint density at radius 1 is 1.47 bits per heavy atom. The van der Waals surface area contributed by atoms with E-state index in [0.717, 1.165) is 11.0 Å². The van der Waals surface area contributed by atoms with E-state index in [1.165, 1.54) is 6.26 Å². The van der Waals surface area contributed by atoms with Crippen LogP contribution in [-0.2, 0) is 16.4 Å². The number of aryl methyl sites for hydroxylation is 1. The fourth-order valence-electron chi connectivity index (χ4n) is 1.72. The van der Waals surface area contributed by atoms with Crippen LogP contribution < -0.4 is 5.73 Å². The SMILES string of the molecule is CS(=O)(=O)CCCn1c(N)nc2cnccc21. The number of fused-ring (bicyclic) bond motifs is 1. The van der Waals surface area contributed by atoms with Crippen LogP contribution in [0.25, 0.3) is 11.0 Å². The van der Waals surface area contributed by atoms with Gasteiger partial charge in [-0.2, -0.15) is 0 Å². The van der Waals surface area contributed by atoms with Crippen molar-refractivity contribution in [2.24, 2.45) is 0 Å². The van der Waals surface area contributed by atoms with Crippen molar-refractivity contribution >= 4 is 26.8 Å². The van der Waals surface area contributed by atoms with Gasteiger partial charge in [0.15, 0.2) is 0 Å². The summed E-state index contributed by atoms with van der Waals surface area (Å²) in [6.07, 6.45) is 5.05. The van der Waals surface area contributed by atoms with Gasteiger partial charge in [-0.3, -0.25) is 4.98 Å². The van der Waals surface area contributed by atoms with Gasteiger partial charge in [-0.15, -0.1) is 0 Å². The zero-order valence-corrected chi connectivity index (χ0v) is 10.3. The van der Waals surface area contributed by atoms with E-state index in [-0.39, 0.29) is 5.75 Å².